The topological polar surface area (TPSA) is 29.1 Å². The summed E-state index contributed by atoms with van der Waals surface area (Å²) in [4.78, 5) is 12.1. The molecule has 0 radical (unpaired) electrons. The minimum Gasteiger partial charge on any atom is -0.378 e. The molecule has 2 heteroatoms. The van der Waals surface area contributed by atoms with Crippen LogP contribution in [0.4, 0.5) is 5.69 Å². The molecule has 1 aliphatic carbocycles. The molecule has 102 valence electrons. The van der Waals surface area contributed by atoms with E-state index < -0.39 is 0 Å². The van der Waals surface area contributed by atoms with Gasteiger partial charge in [-0.25, -0.2) is 0 Å². The number of Topliss-reactive ketones (excluding diaryl/α,β-unsaturated/α-hetero) is 1. The summed E-state index contributed by atoms with van der Waals surface area (Å²) in [6.45, 7) is 0.340. The number of carbonyl (C=O) groups is 1. The molecule has 0 heterocycles. The molecule has 2 aromatic carbocycles. The Hall–Kier alpha value is -2.09. The Labute approximate surface area is 119 Å². The first-order valence-corrected chi connectivity index (χ1v) is 7.25. The van der Waals surface area contributed by atoms with E-state index in [0.717, 1.165) is 17.2 Å². The fourth-order valence-electron chi connectivity index (χ4n) is 2.52. The number of hydrogen-bond donors (Lipinski definition) is 1. The van der Waals surface area contributed by atoms with Crippen molar-refractivity contribution in [1.82, 2.24) is 0 Å². The van der Waals surface area contributed by atoms with Gasteiger partial charge in [-0.05, 0) is 36.5 Å². The lowest BCUT2D eigenvalue weighted by Crippen LogP contribution is -2.14. The average molecular weight is 265 g/mol. The maximum absolute atomic E-state index is 12.1. The number of ketones is 1. The molecule has 0 bridgehead atoms. The first-order chi connectivity index (χ1) is 9.83. The second-order valence-electron chi connectivity index (χ2n) is 5.39. The largest absolute Gasteiger partial charge is 0.378 e. The average Bonchev–Trinajstić information content (AvgIpc) is 2.45. The van der Waals surface area contributed by atoms with Crippen LogP contribution in [0.5, 0.6) is 0 Å². The van der Waals surface area contributed by atoms with Gasteiger partial charge in [0.05, 0.1) is 6.54 Å². The monoisotopic (exact) mass is 265 g/mol. The van der Waals surface area contributed by atoms with E-state index in [1.54, 1.807) is 0 Å². The molecule has 0 saturated heterocycles. The van der Waals surface area contributed by atoms with Gasteiger partial charge in [0.1, 0.15) is 0 Å². The van der Waals surface area contributed by atoms with Crippen LogP contribution in [0.2, 0.25) is 0 Å². The summed E-state index contributed by atoms with van der Waals surface area (Å²) in [5, 5.41) is 3.15. The highest BCUT2D eigenvalue weighted by atomic mass is 16.1. The van der Waals surface area contributed by atoms with Crippen LogP contribution < -0.4 is 5.32 Å². The summed E-state index contributed by atoms with van der Waals surface area (Å²) < 4.78 is 0. The van der Waals surface area contributed by atoms with Crippen molar-refractivity contribution < 1.29 is 4.79 Å². The Morgan fingerprint density at radius 3 is 2.30 bits per heavy atom. The molecule has 2 nitrogen and oxygen atoms in total. The van der Waals surface area contributed by atoms with Crippen molar-refractivity contribution in [2.75, 3.05) is 11.9 Å². The van der Waals surface area contributed by atoms with Crippen LogP contribution in [0, 0.1) is 0 Å². The summed E-state index contributed by atoms with van der Waals surface area (Å²) in [5.41, 5.74) is 3.15. The minimum atomic E-state index is 0.133. The molecule has 0 unspecified atom stereocenters. The van der Waals surface area contributed by atoms with Crippen LogP contribution in [0.1, 0.15) is 41.1 Å². The number of anilines is 1. The summed E-state index contributed by atoms with van der Waals surface area (Å²) in [5.74, 6) is 0.857. The maximum Gasteiger partial charge on any atom is 0.181 e. The zero-order valence-electron chi connectivity index (χ0n) is 11.5. The lowest BCUT2D eigenvalue weighted by Gasteiger charge is -2.25. The molecular formula is C18H19NO. The van der Waals surface area contributed by atoms with Crippen molar-refractivity contribution in [2.45, 2.75) is 25.2 Å². The maximum atomic E-state index is 12.1. The molecule has 2 aromatic rings. The molecule has 0 aliphatic heterocycles. The number of benzene rings is 2. The fraction of sp³-hybridized carbons (Fsp3) is 0.278. The Balaban J connectivity index is 1.59. The first-order valence-electron chi connectivity index (χ1n) is 7.25. The van der Waals surface area contributed by atoms with Crippen molar-refractivity contribution >= 4 is 11.5 Å². The molecule has 1 N–H and O–H groups in total. The second kappa shape index (κ2) is 5.91. The normalized spacial score (nSPS) is 14.6. The molecule has 0 amide bonds. The molecule has 1 fully saturated rings. The van der Waals surface area contributed by atoms with E-state index in [2.05, 4.69) is 17.4 Å². The molecule has 1 saturated carbocycles. The van der Waals surface area contributed by atoms with Crippen molar-refractivity contribution in [3.05, 3.63) is 65.7 Å². The minimum absolute atomic E-state index is 0.133. The van der Waals surface area contributed by atoms with Gasteiger partial charge in [0, 0.05) is 11.3 Å². The van der Waals surface area contributed by atoms with Crippen LogP contribution in [0.25, 0.3) is 0 Å². The summed E-state index contributed by atoms with van der Waals surface area (Å²) in [6, 6.07) is 18.0. The smallest absolute Gasteiger partial charge is 0.181 e. The predicted molar refractivity (Wildman–Crippen MR) is 82.3 cm³/mol. The lowest BCUT2D eigenvalue weighted by atomic mass is 9.80. The predicted octanol–water partition coefficient (Wildman–Crippen LogP) is 4.25. The van der Waals surface area contributed by atoms with Crippen molar-refractivity contribution in [3.63, 3.8) is 0 Å². The van der Waals surface area contributed by atoms with Crippen molar-refractivity contribution in [1.29, 1.82) is 0 Å². The van der Waals surface area contributed by atoms with E-state index in [9.17, 15) is 4.79 Å². The van der Waals surface area contributed by atoms with E-state index in [1.165, 1.54) is 24.8 Å². The Morgan fingerprint density at radius 2 is 1.70 bits per heavy atom. The van der Waals surface area contributed by atoms with Crippen LogP contribution in [0.3, 0.4) is 0 Å². The summed E-state index contributed by atoms with van der Waals surface area (Å²) in [7, 11) is 0. The number of rotatable bonds is 5. The molecular weight excluding hydrogens is 246 g/mol. The van der Waals surface area contributed by atoms with Crippen molar-refractivity contribution in [2.24, 2.45) is 0 Å². The number of nitrogens with one attached hydrogen (secondary N) is 1. The van der Waals surface area contributed by atoms with E-state index in [0.29, 0.717) is 6.54 Å². The molecule has 3 rings (SSSR count). The molecule has 20 heavy (non-hydrogen) atoms. The second-order valence-corrected chi connectivity index (χ2v) is 5.39. The van der Waals surface area contributed by atoms with Crippen LogP contribution >= 0.6 is 0 Å². The number of carbonyl (C=O) groups excluding carboxylic acids is 1. The van der Waals surface area contributed by atoms with Gasteiger partial charge < -0.3 is 5.32 Å². The van der Waals surface area contributed by atoms with Gasteiger partial charge in [0.2, 0.25) is 0 Å². The van der Waals surface area contributed by atoms with E-state index in [4.69, 9.17) is 0 Å². The number of hydrogen-bond acceptors (Lipinski definition) is 2. The standard InChI is InChI=1S/C18H19NO/c20-18(13-19-17-7-2-1-3-8-17)16-11-9-15(10-12-16)14-5-4-6-14/h1-3,7-12,14,19H,4-6,13H2. The zero-order chi connectivity index (χ0) is 13.8. The van der Waals surface area contributed by atoms with Crippen LogP contribution in [-0.4, -0.2) is 12.3 Å². The third-order valence-corrected chi connectivity index (χ3v) is 4.04. The Morgan fingerprint density at radius 1 is 1.00 bits per heavy atom. The van der Waals surface area contributed by atoms with Gasteiger partial charge in [0.15, 0.2) is 5.78 Å². The van der Waals surface area contributed by atoms with Gasteiger partial charge in [0.25, 0.3) is 0 Å². The highest BCUT2D eigenvalue weighted by Crippen LogP contribution is 2.36. The highest BCUT2D eigenvalue weighted by Gasteiger charge is 2.19. The summed E-state index contributed by atoms with van der Waals surface area (Å²) in [6.07, 6.45) is 3.93. The van der Waals surface area contributed by atoms with E-state index >= 15 is 0 Å². The molecule has 0 aromatic heterocycles. The third kappa shape index (κ3) is 2.90. The SMILES string of the molecule is O=C(CNc1ccccc1)c1ccc(C2CCC2)cc1. The fourth-order valence-corrected chi connectivity index (χ4v) is 2.52. The van der Waals surface area contributed by atoms with E-state index in [-0.39, 0.29) is 5.78 Å². The van der Waals surface area contributed by atoms with Gasteiger partial charge in [-0.15, -0.1) is 0 Å². The Kier molecular flexibility index (Phi) is 3.82. The van der Waals surface area contributed by atoms with Crippen LogP contribution in [0.15, 0.2) is 54.6 Å². The van der Waals surface area contributed by atoms with Crippen molar-refractivity contribution in [3.8, 4) is 0 Å². The summed E-state index contributed by atoms with van der Waals surface area (Å²) >= 11 is 0. The molecule has 1 aliphatic rings. The van der Waals surface area contributed by atoms with Crippen LogP contribution in [-0.2, 0) is 0 Å². The van der Waals surface area contributed by atoms with E-state index in [1.807, 2.05) is 42.5 Å². The zero-order valence-corrected chi connectivity index (χ0v) is 11.5. The van der Waals surface area contributed by atoms with Gasteiger partial charge in [-0.2, -0.15) is 0 Å². The quantitative estimate of drug-likeness (QED) is 0.819. The Bertz CT molecular complexity index is 570. The lowest BCUT2D eigenvalue weighted by molar-refractivity contribution is 0.101. The molecule has 0 spiro atoms. The van der Waals surface area contributed by atoms with Gasteiger partial charge in [-0.3, -0.25) is 4.79 Å². The number of para-hydroxylation sites is 1. The van der Waals surface area contributed by atoms with Gasteiger partial charge in [-0.1, -0.05) is 48.9 Å². The third-order valence-electron chi connectivity index (χ3n) is 4.04. The van der Waals surface area contributed by atoms with Gasteiger partial charge >= 0.3 is 0 Å². The molecule has 0 atom stereocenters. The highest BCUT2D eigenvalue weighted by molar-refractivity contribution is 5.99. The first kappa shape index (κ1) is 12.9.